The first-order valence-electron chi connectivity index (χ1n) is 3.46. The molecule has 1 aliphatic rings. The standard InChI is InChI=1S/C8H13N.Y/c1-3-8-7(2)5-4-6-9-8;/h1,3,7-9H,2,4-6H2;/q-2;. The van der Waals surface area contributed by atoms with E-state index in [9.17, 15) is 0 Å². The fourth-order valence-corrected chi connectivity index (χ4v) is 1.20. The third-order valence-corrected chi connectivity index (χ3v) is 1.85. The Labute approximate surface area is 88.5 Å². The average Bonchev–Trinajstić information content (AvgIpc) is 1.89. The van der Waals surface area contributed by atoms with Crippen molar-refractivity contribution in [1.29, 1.82) is 0 Å². The summed E-state index contributed by atoms with van der Waals surface area (Å²) >= 11 is 0. The molecular formula is C8H13NY-2. The summed E-state index contributed by atoms with van der Waals surface area (Å²) in [7, 11) is 0. The van der Waals surface area contributed by atoms with Crippen molar-refractivity contribution in [2.24, 2.45) is 5.92 Å². The third kappa shape index (κ3) is 2.81. The summed E-state index contributed by atoms with van der Waals surface area (Å²) in [6.45, 7) is 10.4. The van der Waals surface area contributed by atoms with Crippen LogP contribution in [0.15, 0.2) is 6.08 Å². The fourth-order valence-electron chi connectivity index (χ4n) is 1.20. The molecular weight excluding hydrogens is 199 g/mol. The minimum Gasteiger partial charge on any atom is -0.516 e. The molecule has 0 aromatic rings. The molecule has 0 spiro atoms. The molecule has 1 fully saturated rings. The van der Waals surface area contributed by atoms with Gasteiger partial charge >= 0.3 is 0 Å². The SMILES string of the molecule is [CH-]=CC1NCCCC1[CH2-].[Y]. The van der Waals surface area contributed by atoms with Gasteiger partial charge < -0.3 is 18.8 Å². The quantitative estimate of drug-likeness (QED) is 0.643. The van der Waals surface area contributed by atoms with Crippen LogP contribution in [0.2, 0.25) is 0 Å². The van der Waals surface area contributed by atoms with Gasteiger partial charge in [0.15, 0.2) is 0 Å². The molecule has 1 nitrogen and oxygen atoms in total. The molecule has 55 valence electrons. The maximum absolute atomic E-state index is 5.37. The minimum absolute atomic E-state index is 0. The van der Waals surface area contributed by atoms with Crippen molar-refractivity contribution in [3.63, 3.8) is 0 Å². The Morgan fingerprint density at radius 2 is 2.30 bits per heavy atom. The minimum atomic E-state index is 0. The zero-order valence-electron chi connectivity index (χ0n) is 6.22. The van der Waals surface area contributed by atoms with Gasteiger partial charge in [0.05, 0.1) is 0 Å². The van der Waals surface area contributed by atoms with E-state index in [1.165, 1.54) is 12.8 Å². The van der Waals surface area contributed by atoms with Crippen molar-refractivity contribution >= 4 is 0 Å². The number of hydrogen-bond acceptors (Lipinski definition) is 1. The largest absolute Gasteiger partial charge is 0.516 e. The fraction of sp³-hybridized carbons (Fsp3) is 0.625. The van der Waals surface area contributed by atoms with E-state index in [0.29, 0.717) is 12.0 Å². The molecule has 10 heavy (non-hydrogen) atoms. The van der Waals surface area contributed by atoms with Gasteiger partial charge in [0.1, 0.15) is 0 Å². The van der Waals surface area contributed by atoms with Crippen LogP contribution >= 0.6 is 0 Å². The molecule has 0 saturated carbocycles. The summed E-state index contributed by atoms with van der Waals surface area (Å²) in [4.78, 5) is 0. The Morgan fingerprint density at radius 1 is 1.60 bits per heavy atom. The molecule has 2 unspecified atom stereocenters. The molecule has 2 atom stereocenters. The molecule has 0 amide bonds. The molecule has 1 aliphatic heterocycles. The van der Waals surface area contributed by atoms with Crippen molar-refractivity contribution in [2.45, 2.75) is 18.9 Å². The van der Waals surface area contributed by atoms with Crippen LogP contribution in [-0.4, -0.2) is 12.6 Å². The summed E-state index contributed by atoms with van der Waals surface area (Å²) in [5.41, 5.74) is 0. The molecule has 1 radical (unpaired) electrons. The van der Waals surface area contributed by atoms with Crippen LogP contribution in [0, 0.1) is 19.4 Å². The number of rotatable bonds is 1. The van der Waals surface area contributed by atoms with Crippen LogP contribution in [0.3, 0.4) is 0 Å². The van der Waals surface area contributed by atoms with Gasteiger partial charge in [-0.15, -0.1) is 0 Å². The molecule has 0 aromatic heterocycles. The van der Waals surface area contributed by atoms with Crippen LogP contribution in [0.1, 0.15) is 12.8 Å². The van der Waals surface area contributed by atoms with Crippen molar-refractivity contribution < 1.29 is 32.7 Å². The smallest absolute Gasteiger partial charge is 0 e. The van der Waals surface area contributed by atoms with Gasteiger partial charge in [-0.1, -0.05) is 6.42 Å². The number of nitrogens with one attached hydrogen (secondary N) is 1. The number of hydrogen-bond donors (Lipinski definition) is 1. The van der Waals surface area contributed by atoms with Crippen molar-refractivity contribution in [2.75, 3.05) is 6.54 Å². The molecule has 1 heterocycles. The second kappa shape index (κ2) is 5.45. The third-order valence-electron chi connectivity index (χ3n) is 1.85. The second-order valence-corrected chi connectivity index (χ2v) is 2.57. The van der Waals surface area contributed by atoms with Gasteiger partial charge in [-0.25, -0.2) is 0 Å². The molecule has 1 N–H and O–H groups in total. The van der Waals surface area contributed by atoms with E-state index in [2.05, 4.69) is 12.2 Å². The molecule has 1 saturated heterocycles. The number of piperidine rings is 1. The van der Waals surface area contributed by atoms with E-state index < -0.39 is 0 Å². The molecule has 0 bridgehead atoms. The predicted octanol–water partition coefficient (Wildman–Crippen LogP) is 1.18. The van der Waals surface area contributed by atoms with Gasteiger partial charge in [-0.2, -0.15) is 5.92 Å². The van der Waals surface area contributed by atoms with Crippen molar-refractivity contribution in [3.05, 3.63) is 19.6 Å². The van der Waals surface area contributed by atoms with Crippen LogP contribution < -0.4 is 5.32 Å². The van der Waals surface area contributed by atoms with Gasteiger partial charge in [0.25, 0.3) is 0 Å². The van der Waals surface area contributed by atoms with Crippen LogP contribution in [-0.2, 0) is 32.7 Å². The Morgan fingerprint density at radius 3 is 2.70 bits per heavy atom. The summed E-state index contributed by atoms with van der Waals surface area (Å²) in [6, 6.07) is 0.346. The van der Waals surface area contributed by atoms with Crippen molar-refractivity contribution in [1.82, 2.24) is 5.32 Å². The predicted molar refractivity (Wildman–Crippen MR) is 38.7 cm³/mol. The van der Waals surface area contributed by atoms with Gasteiger partial charge in [-0.05, 0) is 19.0 Å². The normalized spacial score (nSPS) is 32.5. The van der Waals surface area contributed by atoms with E-state index in [-0.39, 0.29) is 32.7 Å². The zero-order valence-corrected chi connectivity index (χ0v) is 9.05. The van der Waals surface area contributed by atoms with Gasteiger partial charge in [0.2, 0.25) is 0 Å². The van der Waals surface area contributed by atoms with E-state index in [0.717, 1.165) is 6.54 Å². The Bertz CT molecular complexity index is 103. The zero-order chi connectivity index (χ0) is 6.69. The van der Waals surface area contributed by atoms with E-state index in [1.54, 1.807) is 6.08 Å². The van der Waals surface area contributed by atoms with Crippen LogP contribution in [0.4, 0.5) is 0 Å². The molecule has 2 heteroatoms. The summed E-state index contributed by atoms with van der Waals surface area (Å²) in [5, 5.41) is 3.28. The Balaban J connectivity index is 0.000000810. The summed E-state index contributed by atoms with van der Waals surface area (Å²) in [5.74, 6) is 0.476. The van der Waals surface area contributed by atoms with Crippen LogP contribution in [0.25, 0.3) is 0 Å². The second-order valence-electron chi connectivity index (χ2n) is 2.57. The molecule has 1 rings (SSSR count). The maximum Gasteiger partial charge on any atom is 0 e. The van der Waals surface area contributed by atoms with E-state index in [4.69, 9.17) is 6.58 Å². The summed E-state index contributed by atoms with van der Waals surface area (Å²) in [6.07, 6.45) is 4.14. The first kappa shape index (κ1) is 10.8. The monoisotopic (exact) mass is 212 g/mol. The maximum atomic E-state index is 5.37. The summed E-state index contributed by atoms with van der Waals surface area (Å²) < 4.78 is 0. The van der Waals surface area contributed by atoms with E-state index >= 15 is 0 Å². The van der Waals surface area contributed by atoms with Crippen LogP contribution in [0.5, 0.6) is 0 Å². The molecule has 0 aliphatic carbocycles. The molecule has 0 aromatic carbocycles. The first-order valence-corrected chi connectivity index (χ1v) is 3.46. The van der Waals surface area contributed by atoms with Crippen molar-refractivity contribution in [3.8, 4) is 0 Å². The Hall–Kier alpha value is 0.804. The van der Waals surface area contributed by atoms with Gasteiger partial charge in [-0.3, -0.25) is 6.08 Å². The van der Waals surface area contributed by atoms with Gasteiger partial charge in [0, 0.05) is 32.7 Å². The van der Waals surface area contributed by atoms with E-state index in [1.807, 2.05) is 0 Å². The Kier molecular flexibility index (Phi) is 5.89. The first-order chi connectivity index (χ1) is 4.34. The average molecular weight is 212 g/mol. The topological polar surface area (TPSA) is 12.0 Å².